The molecular weight excluding hydrogens is 266 g/mol. The van der Waals surface area contributed by atoms with Gasteiger partial charge in [-0.15, -0.1) is 0 Å². The predicted octanol–water partition coefficient (Wildman–Crippen LogP) is 1.31. The Balaban J connectivity index is 1.99. The zero-order chi connectivity index (χ0) is 15.2. The lowest BCUT2D eigenvalue weighted by molar-refractivity contribution is 0.108. The van der Waals surface area contributed by atoms with E-state index >= 15 is 0 Å². The summed E-state index contributed by atoms with van der Waals surface area (Å²) in [4.78, 5) is 9.26. The van der Waals surface area contributed by atoms with Gasteiger partial charge in [0.2, 0.25) is 5.89 Å². The van der Waals surface area contributed by atoms with Crippen molar-refractivity contribution in [3.63, 3.8) is 0 Å². The Hall–Kier alpha value is -0.980. The molecular formula is C15H29N5O. The third-order valence-corrected chi connectivity index (χ3v) is 4.18. The molecule has 6 heteroatoms. The van der Waals surface area contributed by atoms with Crippen molar-refractivity contribution in [1.29, 1.82) is 0 Å². The van der Waals surface area contributed by atoms with Gasteiger partial charge in [-0.2, -0.15) is 4.98 Å². The topological polar surface area (TPSA) is 57.4 Å². The monoisotopic (exact) mass is 295 g/mol. The number of aromatic nitrogens is 2. The van der Waals surface area contributed by atoms with Gasteiger partial charge in [0, 0.05) is 32.1 Å². The third-order valence-electron chi connectivity index (χ3n) is 4.18. The first-order chi connectivity index (χ1) is 10.1. The number of rotatable bonds is 7. The molecule has 0 amide bonds. The van der Waals surface area contributed by atoms with Crippen molar-refractivity contribution in [2.45, 2.75) is 45.2 Å². The Morgan fingerprint density at radius 1 is 1.33 bits per heavy atom. The van der Waals surface area contributed by atoms with Crippen LogP contribution in [0.25, 0.3) is 0 Å². The van der Waals surface area contributed by atoms with Crippen molar-refractivity contribution in [2.24, 2.45) is 0 Å². The van der Waals surface area contributed by atoms with Crippen LogP contribution in [0.2, 0.25) is 0 Å². The van der Waals surface area contributed by atoms with E-state index in [1.807, 2.05) is 0 Å². The molecule has 1 aromatic heterocycles. The van der Waals surface area contributed by atoms with Crippen LogP contribution in [-0.4, -0.2) is 66.3 Å². The lowest BCUT2D eigenvalue weighted by Gasteiger charge is -2.35. The maximum absolute atomic E-state index is 5.48. The second-order valence-corrected chi connectivity index (χ2v) is 6.05. The van der Waals surface area contributed by atoms with Crippen molar-refractivity contribution in [3.8, 4) is 0 Å². The van der Waals surface area contributed by atoms with Gasteiger partial charge in [-0.1, -0.05) is 25.4 Å². The minimum atomic E-state index is 0.241. The van der Waals surface area contributed by atoms with Crippen LogP contribution >= 0.6 is 0 Å². The van der Waals surface area contributed by atoms with Crippen molar-refractivity contribution in [3.05, 3.63) is 11.7 Å². The SMILES string of the molecule is CCCC(Cc1nc(C2CN(C)CCN2C)no1)NCC. The van der Waals surface area contributed by atoms with Gasteiger partial charge in [-0.25, -0.2) is 0 Å². The number of piperazine rings is 1. The first-order valence-corrected chi connectivity index (χ1v) is 8.08. The Morgan fingerprint density at radius 3 is 2.86 bits per heavy atom. The highest BCUT2D eigenvalue weighted by atomic mass is 16.5. The van der Waals surface area contributed by atoms with E-state index in [4.69, 9.17) is 4.52 Å². The molecule has 0 aliphatic carbocycles. The molecule has 2 unspecified atom stereocenters. The Kier molecular flexibility index (Phi) is 6.14. The molecule has 0 saturated carbocycles. The number of hydrogen-bond donors (Lipinski definition) is 1. The van der Waals surface area contributed by atoms with E-state index in [0.29, 0.717) is 6.04 Å². The molecule has 2 rings (SSSR count). The van der Waals surface area contributed by atoms with Crippen LogP contribution in [0.15, 0.2) is 4.52 Å². The standard InChI is InChI=1S/C15H29N5O/c1-5-7-12(16-6-2)10-14-17-15(18-21-14)13-11-19(3)8-9-20(13)4/h12-13,16H,5-11H2,1-4H3. The first kappa shape index (κ1) is 16.4. The maximum Gasteiger partial charge on any atom is 0.228 e. The van der Waals surface area contributed by atoms with E-state index in [0.717, 1.165) is 57.2 Å². The molecule has 120 valence electrons. The van der Waals surface area contributed by atoms with E-state index in [2.05, 4.69) is 53.2 Å². The van der Waals surface area contributed by atoms with Crippen LogP contribution in [0.4, 0.5) is 0 Å². The van der Waals surface area contributed by atoms with Gasteiger partial charge in [0.15, 0.2) is 5.82 Å². The van der Waals surface area contributed by atoms with Crippen LogP contribution < -0.4 is 5.32 Å². The molecule has 1 fully saturated rings. The second-order valence-electron chi connectivity index (χ2n) is 6.05. The molecule has 2 heterocycles. The molecule has 1 aliphatic rings. The Bertz CT molecular complexity index is 416. The van der Waals surface area contributed by atoms with E-state index < -0.39 is 0 Å². The van der Waals surface area contributed by atoms with Crippen molar-refractivity contribution < 1.29 is 4.52 Å². The highest BCUT2D eigenvalue weighted by Crippen LogP contribution is 2.21. The summed E-state index contributed by atoms with van der Waals surface area (Å²) in [5.41, 5.74) is 0. The highest BCUT2D eigenvalue weighted by molar-refractivity contribution is 4.99. The summed E-state index contributed by atoms with van der Waals surface area (Å²) in [7, 11) is 4.27. The average molecular weight is 295 g/mol. The molecule has 0 spiro atoms. The molecule has 0 bridgehead atoms. The van der Waals surface area contributed by atoms with Crippen LogP contribution in [0.1, 0.15) is 44.4 Å². The smallest absolute Gasteiger partial charge is 0.228 e. The average Bonchev–Trinajstić information content (AvgIpc) is 2.90. The first-order valence-electron chi connectivity index (χ1n) is 8.08. The minimum Gasteiger partial charge on any atom is -0.339 e. The van der Waals surface area contributed by atoms with Gasteiger partial charge in [0.25, 0.3) is 0 Å². The lowest BCUT2D eigenvalue weighted by Crippen LogP contribution is -2.45. The maximum atomic E-state index is 5.48. The van der Waals surface area contributed by atoms with Gasteiger partial charge < -0.3 is 14.7 Å². The quantitative estimate of drug-likeness (QED) is 0.818. The Labute approximate surface area is 127 Å². The molecule has 2 atom stereocenters. The largest absolute Gasteiger partial charge is 0.339 e. The van der Waals surface area contributed by atoms with Gasteiger partial charge in [-0.3, -0.25) is 4.90 Å². The number of likely N-dealkylation sites (N-methyl/N-ethyl adjacent to an activating group) is 3. The fourth-order valence-corrected chi connectivity index (χ4v) is 2.90. The number of nitrogens with zero attached hydrogens (tertiary/aromatic N) is 4. The molecule has 1 saturated heterocycles. The van der Waals surface area contributed by atoms with E-state index in [-0.39, 0.29) is 6.04 Å². The van der Waals surface area contributed by atoms with Gasteiger partial charge in [0.1, 0.15) is 0 Å². The van der Waals surface area contributed by atoms with Gasteiger partial charge in [0.05, 0.1) is 6.04 Å². The molecule has 1 aromatic rings. The molecule has 6 nitrogen and oxygen atoms in total. The normalized spacial score (nSPS) is 22.6. The van der Waals surface area contributed by atoms with Crippen LogP contribution in [0, 0.1) is 0 Å². The lowest BCUT2D eigenvalue weighted by atomic mass is 10.1. The van der Waals surface area contributed by atoms with Crippen molar-refractivity contribution in [1.82, 2.24) is 25.3 Å². The summed E-state index contributed by atoms with van der Waals surface area (Å²) in [6, 6.07) is 0.671. The Morgan fingerprint density at radius 2 is 2.14 bits per heavy atom. The summed E-state index contributed by atoms with van der Waals surface area (Å²) >= 11 is 0. The summed E-state index contributed by atoms with van der Waals surface area (Å²) in [6.07, 6.45) is 3.12. The van der Waals surface area contributed by atoms with E-state index in [9.17, 15) is 0 Å². The summed E-state index contributed by atoms with van der Waals surface area (Å²) in [5.74, 6) is 1.58. The summed E-state index contributed by atoms with van der Waals surface area (Å²) in [6.45, 7) is 8.41. The zero-order valence-corrected chi connectivity index (χ0v) is 13.8. The second kappa shape index (κ2) is 7.87. The van der Waals surface area contributed by atoms with Crippen molar-refractivity contribution >= 4 is 0 Å². The zero-order valence-electron chi connectivity index (χ0n) is 13.8. The molecule has 21 heavy (non-hydrogen) atoms. The predicted molar refractivity (Wildman–Crippen MR) is 83.2 cm³/mol. The summed E-state index contributed by atoms with van der Waals surface area (Å²) < 4.78 is 5.48. The highest BCUT2D eigenvalue weighted by Gasteiger charge is 2.28. The van der Waals surface area contributed by atoms with Crippen LogP contribution in [0.5, 0.6) is 0 Å². The van der Waals surface area contributed by atoms with Crippen LogP contribution in [0.3, 0.4) is 0 Å². The molecule has 0 radical (unpaired) electrons. The van der Waals surface area contributed by atoms with Gasteiger partial charge >= 0.3 is 0 Å². The fraction of sp³-hybridized carbons (Fsp3) is 0.867. The number of nitrogens with one attached hydrogen (secondary N) is 1. The van der Waals surface area contributed by atoms with Crippen molar-refractivity contribution in [2.75, 3.05) is 40.3 Å². The number of hydrogen-bond acceptors (Lipinski definition) is 6. The fourth-order valence-electron chi connectivity index (χ4n) is 2.90. The summed E-state index contributed by atoms with van der Waals surface area (Å²) in [5, 5.41) is 7.71. The minimum absolute atomic E-state index is 0.241. The van der Waals surface area contributed by atoms with E-state index in [1.54, 1.807) is 0 Å². The van der Waals surface area contributed by atoms with Gasteiger partial charge in [-0.05, 0) is 27.1 Å². The van der Waals surface area contributed by atoms with Crippen LogP contribution in [-0.2, 0) is 6.42 Å². The third kappa shape index (κ3) is 4.49. The molecule has 0 aromatic carbocycles. The molecule has 1 N–H and O–H groups in total. The van der Waals surface area contributed by atoms with E-state index in [1.165, 1.54) is 0 Å². The molecule has 1 aliphatic heterocycles.